The Labute approximate surface area is 110 Å². The number of rotatable bonds is 7. The summed E-state index contributed by atoms with van der Waals surface area (Å²) in [5, 5.41) is 11.5. The molecule has 0 fully saturated rings. The van der Waals surface area contributed by atoms with Crippen molar-refractivity contribution in [1.29, 1.82) is 0 Å². The number of hydrogen-bond donors (Lipinski definition) is 3. The molecule has 0 amide bonds. The van der Waals surface area contributed by atoms with Crippen LogP contribution < -0.4 is 10.0 Å². The summed E-state index contributed by atoms with van der Waals surface area (Å²) < 4.78 is 38.4. The molecule has 0 heterocycles. The third-order valence-corrected chi connectivity index (χ3v) is 3.75. The SMILES string of the molecule is CCNS(=O)(=O)CCNc1cccc(F)c1C(=O)O. The Morgan fingerprint density at radius 2 is 2.11 bits per heavy atom. The van der Waals surface area contributed by atoms with Crippen molar-refractivity contribution < 1.29 is 22.7 Å². The fraction of sp³-hybridized carbons (Fsp3) is 0.364. The van der Waals surface area contributed by atoms with Gasteiger partial charge in [0.15, 0.2) is 0 Å². The van der Waals surface area contributed by atoms with E-state index in [1.165, 1.54) is 12.1 Å². The van der Waals surface area contributed by atoms with Gasteiger partial charge in [-0.2, -0.15) is 0 Å². The first kappa shape index (κ1) is 15.4. The largest absolute Gasteiger partial charge is 0.478 e. The van der Waals surface area contributed by atoms with Crippen LogP contribution in [0.2, 0.25) is 0 Å². The normalized spacial score (nSPS) is 11.3. The van der Waals surface area contributed by atoms with Crippen molar-refractivity contribution in [2.24, 2.45) is 0 Å². The lowest BCUT2D eigenvalue weighted by Gasteiger charge is -2.10. The number of benzene rings is 1. The number of halogens is 1. The van der Waals surface area contributed by atoms with Crippen molar-refractivity contribution >= 4 is 21.7 Å². The molecule has 3 N–H and O–H groups in total. The van der Waals surface area contributed by atoms with Gasteiger partial charge >= 0.3 is 5.97 Å². The van der Waals surface area contributed by atoms with Crippen LogP contribution >= 0.6 is 0 Å². The van der Waals surface area contributed by atoms with E-state index in [0.29, 0.717) is 0 Å². The summed E-state index contributed by atoms with van der Waals surface area (Å²) >= 11 is 0. The van der Waals surface area contributed by atoms with Crippen LogP contribution in [0.4, 0.5) is 10.1 Å². The van der Waals surface area contributed by atoms with Gasteiger partial charge in [-0.05, 0) is 12.1 Å². The smallest absolute Gasteiger partial charge is 0.340 e. The quantitative estimate of drug-likeness (QED) is 0.692. The second-order valence-electron chi connectivity index (χ2n) is 3.71. The van der Waals surface area contributed by atoms with Gasteiger partial charge in [0.2, 0.25) is 10.0 Å². The summed E-state index contributed by atoms with van der Waals surface area (Å²) in [5.41, 5.74) is -0.442. The van der Waals surface area contributed by atoms with E-state index in [9.17, 15) is 17.6 Å². The van der Waals surface area contributed by atoms with Crippen LogP contribution in [0.25, 0.3) is 0 Å². The van der Waals surface area contributed by atoms with Crippen LogP contribution in [0, 0.1) is 5.82 Å². The fourth-order valence-corrected chi connectivity index (χ4v) is 2.46. The number of anilines is 1. The van der Waals surface area contributed by atoms with E-state index in [4.69, 9.17) is 5.11 Å². The molecule has 0 saturated heterocycles. The molecule has 0 aliphatic rings. The fourth-order valence-electron chi connectivity index (χ4n) is 1.50. The van der Waals surface area contributed by atoms with E-state index in [1.54, 1.807) is 6.92 Å². The number of sulfonamides is 1. The molecular weight excluding hydrogens is 275 g/mol. The van der Waals surface area contributed by atoms with E-state index in [1.807, 2.05) is 0 Å². The first-order valence-electron chi connectivity index (χ1n) is 5.60. The van der Waals surface area contributed by atoms with Gasteiger partial charge in [-0.15, -0.1) is 0 Å². The summed E-state index contributed by atoms with van der Waals surface area (Å²) in [6.07, 6.45) is 0. The van der Waals surface area contributed by atoms with Gasteiger partial charge < -0.3 is 10.4 Å². The molecule has 0 bridgehead atoms. The molecule has 0 aliphatic heterocycles. The Bertz CT molecular complexity index is 560. The number of nitrogens with one attached hydrogen (secondary N) is 2. The molecular formula is C11H15FN2O4S. The van der Waals surface area contributed by atoms with Crippen molar-refractivity contribution in [3.05, 3.63) is 29.6 Å². The lowest BCUT2D eigenvalue weighted by Crippen LogP contribution is -2.29. The molecule has 1 rings (SSSR count). The zero-order valence-electron chi connectivity index (χ0n) is 10.3. The van der Waals surface area contributed by atoms with Gasteiger partial charge in [0.1, 0.15) is 11.4 Å². The van der Waals surface area contributed by atoms with Gasteiger partial charge in [0.05, 0.1) is 11.4 Å². The number of carboxylic acids is 1. The molecule has 0 spiro atoms. The minimum atomic E-state index is -3.40. The maximum atomic E-state index is 13.3. The van der Waals surface area contributed by atoms with Crippen LogP contribution in [0.15, 0.2) is 18.2 Å². The molecule has 0 radical (unpaired) electrons. The lowest BCUT2D eigenvalue weighted by atomic mass is 10.1. The molecule has 19 heavy (non-hydrogen) atoms. The van der Waals surface area contributed by atoms with E-state index < -0.39 is 27.4 Å². The Kier molecular flexibility index (Phi) is 5.25. The maximum absolute atomic E-state index is 13.3. The molecule has 106 valence electrons. The molecule has 6 nitrogen and oxygen atoms in total. The average Bonchev–Trinajstić information content (AvgIpc) is 2.28. The Morgan fingerprint density at radius 3 is 2.68 bits per heavy atom. The predicted molar refractivity (Wildman–Crippen MR) is 69.3 cm³/mol. The van der Waals surface area contributed by atoms with E-state index >= 15 is 0 Å². The van der Waals surface area contributed by atoms with Gasteiger partial charge in [0, 0.05) is 13.1 Å². The highest BCUT2D eigenvalue weighted by atomic mass is 32.2. The Hall–Kier alpha value is -1.67. The van der Waals surface area contributed by atoms with Crippen molar-refractivity contribution in [1.82, 2.24) is 4.72 Å². The van der Waals surface area contributed by atoms with Gasteiger partial charge in [-0.1, -0.05) is 13.0 Å². The van der Waals surface area contributed by atoms with Gasteiger partial charge in [-0.3, -0.25) is 0 Å². The summed E-state index contributed by atoms with van der Waals surface area (Å²) in [7, 11) is -3.40. The highest BCUT2D eigenvalue weighted by Crippen LogP contribution is 2.18. The minimum Gasteiger partial charge on any atom is -0.478 e. The van der Waals surface area contributed by atoms with E-state index in [2.05, 4.69) is 10.0 Å². The van der Waals surface area contributed by atoms with Gasteiger partial charge in [0.25, 0.3) is 0 Å². The standard InChI is InChI=1S/C11H15FN2O4S/c1-2-14-19(17,18)7-6-13-9-5-3-4-8(12)10(9)11(15)16/h3-5,13-14H,2,6-7H2,1H3,(H,15,16). The third kappa shape index (κ3) is 4.49. The van der Waals surface area contributed by atoms with E-state index in [0.717, 1.165) is 6.07 Å². The highest BCUT2D eigenvalue weighted by molar-refractivity contribution is 7.89. The highest BCUT2D eigenvalue weighted by Gasteiger charge is 2.16. The zero-order valence-corrected chi connectivity index (χ0v) is 11.1. The molecule has 0 atom stereocenters. The summed E-state index contributed by atoms with van der Waals surface area (Å²) in [6.45, 7) is 1.92. The zero-order chi connectivity index (χ0) is 14.5. The number of carboxylic acid groups (broad SMARTS) is 1. The maximum Gasteiger partial charge on any atom is 0.340 e. The van der Waals surface area contributed by atoms with Crippen molar-refractivity contribution in [2.75, 3.05) is 24.2 Å². The average molecular weight is 290 g/mol. The molecule has 1 aromatic rings. The lowest BCUT2D eigenvalue weighted by molar-refractivity contribution is 0.0693. The van der Waals surface area contributed by atoms with E-state index in [-0.39, 0.29) is 24.5 Å². The first-order valence-corrected chi connectivity index (χ1v) is 7.25. The molecule has 1 aromatic carbocycles. The topological polar surface area (TPSA) is 95.5 Å². The molecule has 0 unspecified atom stereocenters. The predicted octanol–water partition coefficient (Wildman–Crippen LogP) is 0.875. The van der Waals surface area contributed by atoms with Crippen LogP contribution in [0.1, 0.15) is 17.3 Å². The summed E-state index contributed by atoms with van der Waals surface area (Å²) in [6, 6.07) is 3.76. The van der Waals surface area contributed by atoms with Crippen molar-refractivity contribution in [3.63, 3.8) is 0 Å². The molecule has 0 aliphatic carbocycles. The van der Waals surface area contributed by atoms with Crippen LogP contribution in [0.3, 0.4) is 0 Å². The second kappa shape index (κ2) is 6.48. The van der Waals surface area contributed by atoms with Crippen molar-refractivity contribution in [3.8, 4) is 0 Å². The van der Waals surface area contributed by atoms with Crippen LogP contribution in [-0.4, -0.2) is 38.3 Å². The second-order valence-corrected chi connectivity index (χ2v) is 5.64. The molecule has 8 heteroatoms. The monoisotopic (exact) mass is 290 g/mol. The first-order chi connectivity index (χ1) is 8.87. The molecule has 0 aromatic heterocycles. The third-order valence-electron chi connectivity index (χ3n) is 2.28. The van der Waals surface area contributed by atoms with Gasteiger partial charge in [-0.25, -0.2) is 22.3 Å². The number of aromatic carboxylic acids is 1. The minimum absolute atomic E-state index is 0.0148. The molecule has 0 saturated carbocycles. The summed E-state index contributed by atoms with van der Waals surface area (Å²) in [4.78, 5) is 10.9. The number of carbonyl (C=O) groups is 1. The Balaban J connectivity index is 2.74. The van der Waals surface area contributed by atoms with Crippen LogP contribution in [0.5, 0.6) is 0 Å². The summed E-state index contributed by atoms with van der Waals surface area (Å²) in [5.74, 6) is -2.50. The van der Waals surface area contributed by atoms with Crippen LogP contribution in [-0.2, 0) is 10.0 Å². The van der Waals surface area contributed by atoms with Crippen molar-refractivity contribution in [2.45, 2.75) is 6.92 Å². The number of hydrogen-bond acceptors (Lipinski definition) is 4. The Morgan fingerprint density at radius 1 is 1.42 bits per heavy atom.